The van der Waals surface area contributed by atoms with Crippen molar-refractivity contribution in [3.05, 3.63) is 50.6 Å². The molecule has 0 radical (unpaired) electrons. The fourth-order valence-corrected chi connectivity index (χ4v) is 2.31. The van der Waals surface area contributed by atoms with Crippen LogP contribution < -0.4 is 11.1 Å². The molecule has 0 unspecified atom stereocenters. The van der Waals surface area contributed by atoms with E-state index in [-0.39, 0.29) is 0 Å². The average Bonchev–Trinajstić information content (AvgIpc) is 2.27. The maximum atomic E-state index is 6.08. The van der Waals surface area contributed by atoms with Crippen LogP contribution in [0, 0.1) is 10.5 Å². The third kappa shape index (κ3) is 3.04. The molecule has 0 aromatic heterocycles. The normalized spacial score (nSPS) is 10.3. The first-order valence-electron chi connectivity index (χ1n) is 5.14. The van der Waals surface area contributed by atoms with Crippen molar-refractivity contribution in [3.8, 4) is 0 Å². The molecule has 3 N–H and O–H groups in total. The van der Waals surface area contributed by atoms with Crippen molar-refractivity contribution in [2.75, 3.05) is 11.1 Å². The van der Waals surface area contributed by atoms with Crippen molar-refractivity contribution >= 4 is 51.3 Å². The van der Waals surface area contributed by atoms with E-state index in [1.165, 1.54) is 0 Å². The molecule has 0 saturated carbocycles. The highest BCUT2D eigenvalue weighted by molar-refractivity contribution is 14.1. The number of anilines is 3. The molecule has 4 heteroatoms. The third-order valence-electron chi connectivity index (χ3n) is 2.44. The first kappa shape index (κ1) is 12.5. The molecule has 17 heavy (non-hydrogen) atoms. The van der Waals surface area contributed by atoms with E-state index in [9.17, 15) is 0 Å². The second kappa shape index (κ2) is 5.14. The van der Waals surface area contributed by atoms with Crippen LogP contribution in [0.2, 0.25) is 5.02 Å². The van der Waals surface area contributed by atoms with Crippen molar-refractivity contribution in [2.45, 2.75) is 6.92 Å². The minimum absolute atomic E-state index is 0.764. The molecule has 0 bridgehead atoms. The summed E-state index contributed by atoms with van der Waals surface area (Å²) < 4.78 is 1.08. The van der Waals surface area contributed by atoms with Crippen LogP contribution >= 0.6 is 34.2 Å². The zero-order valence-corrected chi connectivity index (χ0v) is 12.2. The Labute approximate surface area is 119 Å². The number of halogens is 2. The summed E-state index contributed by atoms with van der Waals surface area (Å²) in [5, 5.41) is 4.08. The Morgan fingerprint density at radius 2 is 1.94 bits per heavy atom. The van der Waals surface area contributed by atoms with Gasteiger partial charge in [0, 0.05) is 20.0 Å². The minimum Gasteiger partial charge on any atom is -0.399 e. The lowest BCUT2D eigenvalue weighted by Gasteiger charge is -2.10. The molecule has 88 valence electrons. The average molecular weight is 359 g/mol. The van der Waals surface area contributed by atoms with Crippen LogP contribution in [0.3, 0.4) is 0 Å². The SMILES string of the molecule is Cc1ccc(Nc2ccc(N)cc2I)cc1Cl. The van der Waals surface area contributed by atoms with Crippen molar-refractivity contribution in [2.24, 2.45) is 0 Å². The van der Waals surface area contributed by atoms with E-state index in [1.54, 1.807) is 0 Å². The Kier molecular flexibility index (Phi) is 3.79. The fraction of sp³-hybridized carbons (Fsp3) is 0.0769. The van der Waals surface area contributed by atoms with E-state index in [0.717, 1.165) is 31.2 Å². The number of benzene rings is 2. The van der Waals surface area contributed by atoms with Crippen molar-refractivity contribution in [3.63, 3.8) is 0 Å². The molecule has 0 saturated heterocycles. The van der Waals surface area contributed by atoms with Crippen molar-refractivity contribution in [1.82, 2.24) is 0 Å². The largest absolute Gasteiger partial charge is 0.399 e. The molecule has 0 aliphatic rings. The van der Waals surface area contributed by atoms with E-state index in [1.807, 2.05) is 43.3 Å². The third-order valence-corrected chi connectivity index (χ3v) is 3.74. The maximum Gasteiger partial charge on any atom is 0.0521 e. The van der Waals surface area contributed by atoms with Gasteiger partial charge in [-0.25, -0.2) is 0 Å². The summed E-state index contributed by atoms with van der Waals surface area (Å²) in [6.45, 7) is 1.99. The summed E-state index contributed by atoms with van der Waals surface area (Å²) >= 11 is 8.34. The van der Waals surface area contributed by atoms with Crippen LogP contribution in [-0.4, -0.2) is 0 Å². The molecule has 0 aliphatic heterocycles. The van der Waals surface area contributed by atoms with Crippen LogP contribution in [0.5, 0.6) is 0 Å². The van der Waals surface area contributed by atoms with Gasteiger partial charge in [-0.05, 0) is 65.4 Å². The Morgan fingerprint density at radius 1 is 1.18 bits per heavy atom. The second-order valence-electron chi connectivity index (χ2n) is 3.83. The maximum absolute atomic E-state index is 6.08. The molecule has 2 aromatic carbocycles. The molecule has 0 aliphatic carbocycles. The van der Waals surface area contributed by atoms with Crippen LogP contribution in [0.4, 0.5) is 17.1 Å². The van der Waals surface area contributed by atoms with Crippen LogP contribution in [-0.2, 0) is 0 Å². The summed E-state index contributed by atoms with van der Waals surface area (Å²) in [7, 11) is 0. The summed E-state index contributed by atoms with van der Waals surface area (Å²) in [6.07, 6.45) is 0. The van der Waals surface area contributed by atoms with Gasteiger partial charge in [-0.2, -0.15) is 0 Å². The van der Waals surface area contributed by atoms with Crippen LogP contribution in [0.15, 0.2) is 36.4 Å². The Hall–Kier alpha value is -0.940. The molecule has 0 atom stereocenters. The number of rotatable bonds is 2. The molecule has 0 fully saturated rings. The second-order valence-corrected chi connectivity index (χ2v) is 5.40. The summed E-state index contributed by atoms with van der Waals surface area (Å²) in [4.78, 5) is 0. The lowest BCUT2D eigenvalue weighted by Crippen LogP contribution is -1.95. The van der Waals surface area contributed by atoms with E-state index in [2.05, 4.69) is 27.9 Å². The Morgan fingerprint density at radius 3 is 2.59 bits per heavy atom. The van der Waals surface area contributed by atoms with Crippen LogP contribution in [0.1, 0.15) is 5.56 Å². The molecule has 0 spiro atoms. The van der Waals surface area contributed by atoms with Gasteiger partial charge in [0.1, 0.15) is 0 Å². The van der Waals surface area contributed by atoms with Gasteiger partial charge in [0.15, 0.2) is 0 Å². The van der Waals surface area contributed by atoms with E-state index in [4.69, 9.17) is 17.3 Å². The van der Waals surface area contributed by atoms with Crippen molar-refractivity contribution < 1.29 is 0 Å². The molecule has 2 aromatic rings. The standard InChI is InChI=1S/C13H12ClIN2/c1-8-2-4-10(7-11(8)14)17-13-5-3-9(16)6-12(13)15/h2-7,17H,16H2,1H3. The van der Waals surface area contributed by atoms with E-state index < -0.39 is 0 Å². The highest BCUT2D eigenvalue weighted by atomic mass is 127. The highest BCUT2D eigenvalue weighted by Crippen LogP contribution is 2.27. The molecule has 2 rings (SSSR count). The highest BCUT2D eigenvalue weighted by Gasteiger charge is 2.02. The first-order valence-corrected chi connectivity index (χ1v) is 6.60. The molecule has 2 nitrogen and oxygen atoms in total. The summed E-state index contributed by atoms with van der Waals surface area (Å²) in [6, 6.07) is 11.7. The smallest absolute Gasteiger partial charge is 0.0521 e. The monoisotopic (exact) mass is 358 g/mol. The number of aryl methyl sites for hydroxylation is 1. The Balaban J connectivity index is 2.28. The Bertz CT molecular complexity index is 555. The van der Waals surface area contributed by atoms with Crippen molar-refractivity contribution in [1.29, 1.82) is 0 Å². The lowest BCUT2D eigenvalue weighted by atomic mass is 10.2. The van der Waals surface area contributed by atoms with E-state index in [0.29, 0.717) is 0 Å². The molecule has 0 heterocycles. The lowest BCUT2D eigenvalue weighted by molar-refractivity contribution is 1.45. The van der Waals surface area contributed by atoms with Gasteiger partial charge in [-0.3, -0.25) is 0 Å². The molecule has 0 amide bonds. The summed E-state index contributed by atoms with van der Waals surface area (Å²) in [5.41, 5.74) is 9.55. The van der Waals surface area contributed by atoms with Gasteiger partial charge in [0.25, 0.3) is 0 Å². The van der Waals surface area contributed by atoms with Gasteiger partial charge < -0.3 is 11.1 Å². The zero-order chi connectivity index (χ0) is 12.4. The van der Waals surface area contributed by atoms with Gasteiger partial charge in [0.05, 0.1) is 5.69 Å². The summed E-state index contributed by atoms with van der Waals surface area (Å²) in [5.74, 6) is 0. The van der Waals surface area contributed by atoms with Crippen LogP contribution in [0.25, 0.3) is 0 Å². The number of nitrogens with two attached hydrogens (primary N) is 1. The predicted octanol–water partition coefficient (Wildman–Crippen LogP) is 4.58. The molecular formula is C13H12ClIN2. The minimum atomic E-state index is 0.764. The fourth-order valence-electron chi connectivity index (χ4n) is 1.46. The van der Waals surface area contributed by atoms with Gasteiger partial charge >= 0.3 is 0 Å². The quantitative estimate of drug-likeness (QED) is 0.609. The van der Waals surface area contributed by atoms with E-state index >= 15 is 0 Å². The van der Waals surface area contributed by atoms with Gasteiger partial charge in [0.2, 0.25) is 0 Å². The van der Waals surface area contributed by atoms with Gasteiger partial charge in [-0.1, -0.05) is 17.7 Å². The number of hydrogen-bond acceptors (Lipinski definition) is 2. The zero-order valence-electron chi connectivity index (χ0n) is 9.30. The topological polar surface area (TPSA) is 38.0 Å². The number of hydrogen-bond donors (Lipinski definition) is 2. The first-order chi connectivity index (χ1) is 8.06. The number of nitrogens with one attached hydrogen (secondary N) is 1. The van der Waals surface area contributed by atoms with Gasteiger partial charge in [-0.15, -0.1) is 0 Å². The predicted molar refractivity (Wildman–Crippen MR) is 83.0 cm³/mol. The number of nitrogen functional groups attached to an aromatic ring is 1. The molecular weight excluding hydrogens is 347 g/mol.